The summed E-state index contributed by atoms with van der Waals surface area (Å²) in [5.41, 5.74) is -2.13. The van der Waals surface area contributed by atoms with Gasteiger partial charge in [-0.1, -0.05) is 56.0 Å². The Labute approximate surface area is 121 Å². The Bertz CT molecular complexity index is 399. The fraction of sp³-hybridized carbons (Fsp3) is 0.500. The van der Waals surface area contributed by atoms with Crippen molar-refractivity contribution in [3.63, 3.8) is 0 Å². The maximum absolute atomic E-state index is 14.4. The van der Waals surface area contributed by atoms with E-state index in [1.54, 1.807) is 24.3 Å². The van der Waals surface area contributed by atoms with Gasteiger partial charge in [0.1, 0.15) is 4.44 Å². The zero-order valence-corrected chi connectivity index (χ0v) is 13.8. The van der Waals surface area contributed by atoms with Crippen molar-refractivity contribution in [1.29, 1.82) is 0 Å². The molecule has 0 aliphatic rings. The van der Waals surface area contributed by atoms with Gasteiger partial charge in [-0.3, -0.25) is 0 Å². The monoisotopic (exact) mass is 326 g/mol. The molecule has 18 heavy (non-hydrogen) atoms. The lowest BCUT2D eigenvalue weighted by Gasteiger charge is -2.29. The van der Waals surface area contributed by atoms with Crippen LogP contribution in [0.3, 0.4) is 0 Å². The third-order valence-corrected chi connectivity index (χ3v) is 14.2. The predicted molar refractivity (Wildman–Crippen MR) is 85.6 cm³/mol. The summed E-state index contributed by atoms with van der Waals surface area (Å²) >= 11 is 7.86. The number of halogens is 2. The van der Waals surface area contributed by atoms with Crippen molar-refractivity contribution >= 4 is 39.0 Å². The molecule has 1 rings (SSSR count). The third-order valence-electron chi connectivity index (χ3n) is 2.26. The van der Waals surface area contributed by atoms with Gasteiger partial charge >= 0.3 is 0 Å². The molecule has 1 aromatic rings. The summed E-state index contributed by atoms with van der Waals surface area (Å²) in [6, 6.07) is 8.88. The average molecular weight is 326 g/mol. The summed E-state index contributed by atoms with van der Waals surface area (Å²) in [7, 11) is 0. The Balaban J connectivity index is 2.91. The zero-order chi connectivity index (χ0) is 13.6. The first-order valence-electron chi connectivity index (χ1n) is 5.76. The van der Waals surface area contributed by atoms with Crippen LogP contribution in [-0.2, 0) is 18.2 Å². The summed E-state index contributed by atoms with van der Waals surface area (Å²) in [6.45, 7) is 3.78. The zero-order valence-electron chi connectivity index (χ0n) is 10.4. The first-order valence-corrected chi connectivity index (χ1v) is 11.7. The second kappa shape index (κ2) is 7.28. The van der Waals surface area contributed by atoms with Crippen LogP contribution >= 0.6 is 27.2 Å². The number of hydrogen-bond acceptors (Lipinski definition) is 3. The minimum Gasteiger partial charge on any atom is -0.199 e. The largest absolute Gasteiger partial charge is 0.294 e. The molecule has 0 atom stereocenters. The topological polar surface area (TPSA) is 0 Å². The Morgan fingerprint density at radius 2 is 1.61 bits per heavy atom. The van der Waals surface area contributed by atoms with Gasteiger partial charge in [-0.05, 0) is 17.1 Å². The van der Waals surface area contributed by atoms with E-state index in [4.69, 9.17) is 11.8 Å². The molecule has 0 unspecified atom stereocenters. The van der Waals surface area contributed by atoms with Crippen LogP contribution in [0.15, 0.2) is 30.3 Å². The highest BCUT2D eigenvalue weighted by molar-refractivity contribution is 9.00. The fourth-order valence-corrected chi connectivity index (χ4v) is 11.5. The number of alkyl halides is 2. The van der Waals surface area contributed by atoms with E-state index in [0.29, 0.717) is 17.1 Å². The van der Waals surface area contributed by atoms with Crippen molar-refractivity contribution in [2.75, 3.05) is 11.5 Å². The number of rotatable bonds is 7. The van der Waals surface area contributed by atoms with E-state index in [1.165, 1.54) is 22.8 Å². The van der Waals surface area contributed by atoms with Crippen LogP contribution in [0.4, 0.5) is 8.78 Å². The van der Waals surface area contributed by atoms with E-state index >= 15 is 0 Å². The third kappa shape index (κ3) is 4.22. The van der Waals surface area contributed by atoms with Crippen molar-refractivity contribution in [2.24, 2.45) is 0 Å². The molecular formula is C12H17F2PS3. The molecule has 0 aromatic heterocycles. The second-order valence-corrected chi connectivity index (χ2v) is 15.5. The SMILES string of the molecule is CCSP(=S)(SCC)C(F)(F)Cc1ccccc1. The van der Waals surface area contributed by atoms with Crippen molar-refractivity contribution in [3.8, 4) is 0 Å². The highest BCUT2D eigenvalue weighted by atomic mass is 33.2. The van der Waals surface area contributed by atoms with Crippen molar-refractivity contribution in [1.82, 2.24) is 0 Å². The van der Waals surface area contributed by atoms with Crippen LogP contribution in [-0.4, -0.2) is 17.2 Å². The van der Waals surface area contributed by atoms with Crippen LogP contribution in [0, 0.1) is 0 Å². The molecule has 0 heterocycles. The molecule has 0 amide bonds. The van der Waals surface area contributed by atoms with Crippen LogP contribution in [0.2, 0.25) is 0 Å². The summed E-state index contributed by atoms with van der Waals surface area (Å²) in [5, 5.41) is 0. The molecule has 1 aromatic carbocycles. The molecule has 6 heteroatoms. The van der Waals surface area contributed by atoms with Crippen molar-refractivity contribution in [2.45, 2.75) is 25.9 Å². The van der Waals surface area contributed by atoms with E-state index in [-0.39, 0.29) is 6.42 Å². The Kier molecular flexibility index (Phi) is 6.66. The molecule has 0 aliphatic carbocycles. The van der Waals surface area contributed by atoms with E-state index in [2.05, 4.69) is 0 Å². The van der Waals surface area contributed by atoms with Crippen LogP contribution in [0.25, 0.3) is 0 Å². The highest BCUT2D eigenvalue weighted by Crippen LogP contribution is 2.78. The van der Waals surface area contributed by atoms with E-state index < -0.39 is 10.1 Å². The summed E-state index contributed by atoms with van der Waals surface area (Å²) in [5.74, 6) is 1.29. The smallest absolute Gasteiger partial charge is 0.199 e. The fourth-order valence-electron chi connectivity index (χ4n) is 1.50. The lowest BCUT2D eigenvalue weighted by Crippen LogP contribution is -2.17. The molecule has 0 N–H and O–H groups in total. The molecular weight excluding hydrogens is 309 g/mol. The molecule has 0 saturated carbocycles. The number of benzene rings is 1. The molecule has 0 aliphatic heterocycles. The summed E-state index contributed by atoms with van der Waals surface area (Å²) < 4.78 is 26.1. The predicted octanol–water partition coefficient (Wildman–Crippen LogP) is 5.64. The molecule has 0 radical (unpaired) electrons. The van der Waals surface area contributed by atoms with E-state index in [1.807, 2.05) is 19.9 Å². The van der Waals surface area contributed by atoms with Gasteiger partial charge in [0.2, 0.25) is 0 Å². The van der Waals surface area contributed by atoms with Crippen LogP contribution < -0.4 is 0 Å². The molecule has 0 spiro atoms. The lowest BCUT2D eigenvalue weighted by atomic mass is 10.2. The van der Waals surface area contributed by atoms with Crippen LogP contribution in [0.5, 0.6) is 0 Å². The molecule has 0 fully saturated rings. The molecule has 0 nitrogen and oxygen atoms in total. The summed E-state index contributed by atoms with van der Waals surface area (Å²) in [6.07, 6.45) is -0.245. The Morgan fingerprint density at radius 3 is 2.06 bits per heavy atom. The van der Waals surface area contributed by atoms with Gasteiger partial charge in [-0.2, -0.15) is 8.78 Å². The van der Waals surface area contributed by atoms with Gasteiger partial charge in [-0.15, -0.1) is 22.8 Å². The molecule has 102 valence electrons. The van der Waals surface area contributed by atoms with Gasteiger partial charge in [-0.25, -0.2) is 0 Å². The summed E-state index contributed by atoms with van der Waals surface area (Å²) in [4.78, 5) is 0. The highest BCUT2D eigenvalue weighted by Gasteiger charge is 2.45. The standard InChI is InChI=1S/C12H17F2PS3/c1-3-17-15(16,18-4-2)12(13,14)10-11-8-6-5-7-9-11/h5-9H,3-4,10H2,1-2H3. The molecule has 0 saturated heterocycles. The van der Waals surface area contributed by atoms with Crippen LogP contribution in [0.1, 0.15) is 19.4 Å². The van der Waals surface area contributed by atoms with Gasteiger partial charge in [0.15, 0.2) is 0 Å². The minimum absolute atomic E-state index is 0.245. The first-order chi connectivity index (χ1) is 8.45. The van der Waals surface area contributed by atoms with Gasteiger partial charge in [0.25, 0.3) is 5.66 Å². The maximum Gasteiger partial charge on any atom is 0.294 e. The Morgan fingerprint density at radius 1 is 1.11 bits per heavy atom. The molecule has 0 bridgehead atoms. The van der Waals surface area contributed by atoms with Crippen molar-refractivity contribution < 1.29 is 8.78 Å². The second-order valence-electron chi connectivity index (χ2n) is 3.66. The lowest BCUT2D eigenvalue weighted by molar-refractivity contribution is 0.103. The van der Waals surface area contributed by atoms with Gasteiger partial charge < -0.3 is 0 Å². The minimum atomic E-state index is -2.79. The van der Waals surface area contributed by atoms with E-state index in [9.17, 15) is 8.78 Å². The van der Waals surface area contributed by atoms with Gasteiger partial charge in [0.05, 0.1) is 0 Å². The van der Waals surface area contributed by atoms with Gasteiger partial charge in [0, 0.05) is 6.42 Å². The number of hydrogen-bond donors (Lipinski definition) is 0. The van der Waals surface area contributed by atoms with E-state index in [0.717, 1.165) is 0 Å². The van der Waals surface area contributed by atoms with Crippen molar-refractivity contribution in [3.05, 3.63) is 35.9 Å². The first kappa shape index (κ1) is 16.5. The average Bonchev–Trinajstić information content (AvgIpc) is 2.30. The Hall–Kier alpha value is 0.430. The quantitative estimate of drug-likeness (QED) is 0.595. The maximum atomic E-state index is 14.4. The normalized spacial score (nSPS) is 12.7.